The van der Waals surface area contributed by atoms with Crippen LogP contribution in [0.4, 0.5) is 0 Å². The molecule has 1 heteroatoms. The SMILES string of the molecule is CN(C)CCCCCCCCC(C)(C)C. The Morgan fingerprint density at radius 2 is 1.20 bits per heavy atom. The van der Waals surface area contributed by atoms with E-state index in [0.29, 0.717) is 5.41 Å². The molecule has 0 atom stereocenters. The highest BCUT2D eigenvalue weighted by molar-refractivity contribution is 4.61. The van der Waals surface area contributed by atoms with Crippen LogP contribution in [0.2, 0.25) is 0 Å². The van der Waals surface area contributed by atoms with Gasteiger partial charge in [0.15, 0.2) is 0 Å². The molecule has 0 saturated carbocycles. The molecule has 0 N–H and O–H groups in total. The van der Waals surface area contributed by atoms with Crippen molar-refractivity contribution in [2.75, 3.05) is 20.6 Å². The lowest BCUT2D eigenvalue weighted by molar-refractivity contribution is 0.354. The van der Waals surface area contributed by atoms with Crippen LogP contribution in [0, 0.1) is 5.41 Å². The third-order valence-electron chi connectivity index (χ3n) is 2.78. The summed E-state index contributed by atoms with van der Waals surface area (Å²) in [5, 5.41) is 0. The monoisotopic (exact) mass is 213 g/mol. The quantitative estimate of drug-likeness (QED) is 0.543. The topological polar surface area (TPSA) is 3.24 Å². The maximum atomic E-state index is 2.34. The lowest BCUT2D eigenvalue weighted by Gasteiger charge is -2.17. The van der Waals surface area contributed by atoms with Crippen molar-refractivity contribution in [3.63, 3.8) is 0 Å². The highest BCUT2D eigenvalue weighted by Gasteiger charge is 2.08. The molecule has 1 nitrogen and oxygen atoms in total. The van der Waals surface area contributed by atoms with Gasteiger partial charge in [-0.15, -0.1) is 0 Å². The van der Waals surface area contributed by atoms with Crippen LogP contribution in [0.3, 0.4) is 0 Å². The van der Waals surface area contributed by atoms with Crippen LogP contribution in [-0.2, 0) is 0 Å². The number of rotatable bonds is 8. The number of hydrogen-bond acceptors (Lipinski definition) is 1. The number of hydrogen-bond donors (Lipinski definition) is 0. The summed E-state index contributed by atoms with van der Waals surface area (Å²) in [6.45, 7) is 8.26. The van der Waals surface area contributed by atoms with E-state index in [-0.39, 0.29) is 0 Å². The van der Waals surface area contributed by atoms with Crippen LogP contribution in [-0.4, -0.2) is 25.5 Å². The van der Waals surface area contributed by atoms with Crippen molar-refractivity contribution in [2.24, 2.45) is 5.41 Å². The van der Waals surface area contributed by atoms with Crippen molar-refractivity contribution in [1.82, 2.24) is 4.90 Å². The van der Waals surface area contributed by atoms with Crippen molar-refractivity contribution in [2.45, 2.75) is 65.7 Å². The minimum atomic E-state index is 0.533. The molecule has 0 amide bonds. The Labute approximate surface area is 97.2 Å². The summed E-state index contributed by atoms with van der Waals surface area (Å²) < 4.78 is 0. The fourth-order valence-electron chi connectivity index (χ4n) is 1.79. The molecule has 0 heterocycles. The molecular formula is C14H31N. The lowest BCUT2D eigenvalue weighted by atomic mass is 9.89. The minimum absolute atomic E-state index is 0.533. The standard InChI is InChI=1S/C14H31N/c1-14(2,3)12-10-8-6-7-9-11-13-15(4)5/h6-13H2,1-5H3. The van der Waals surface area contributed by atoms with Gasteiger partial charge in [-0.1, -0.05) is 52.9 Å². The van der Waals surface area contributed by atoms with E-state index in [2.05, 4.69) is 39.8 Å². The predicted octanol–water partition coefficient (Wildman–Crippen LogP) is 4.32. The Hall–Kier alpha value is -0.0400. The smallest absolute Gasteiger partial charge is 0.00248 e. The first kappa shape index (κ1) is 15.0. The Bertz CT molecular complexity index is 133. The van der Waals surface area contributed by atoms with E-state index in [1.54, 1.807) is 0 Å². The average molecular weight is 213 g/mol. The van der Waals surface area contributed by atoms with Gasteiger partial charge in [-0.3, -0.25) is 0 Å². The second-order valence-electron chi connectivity index (χ2n) is 6.24. The molecule has 0 rings (SSSR count). The summed E-state index contributed by atoms with van der Waals surface area (Å²) in [7, 11) is 4.31. The Kier molecular flexibility index (Phi) is 8.13. The van der Waals surface area contributed by atoms with E-state index in [4.69, 9.17) is 0 Å². The Balaban J connectivity index is 3.06. The van der Waals surface area contributed by atoms with Crippen LogP contribution in [0.15, 0.2) is 0 Å². The van der Waals surface area contributed by atoms with Gasteiger partial charge in [-0.2, -0.15) is 0 Å². The van der Waals surface area contributed by atoms with E-state index in [9.17, 15) is 0 Å². The molecule has 0 saturated heterocycles. The summed E-state index contributed by atoms with van der Waals surface area (Å²) in [6, 6.07) is 0. The molecule has 0 aromatic heterocycles. The second kappa shape index (κ2) is 8.15. The zero-order valence-electron chi connectivity index (χ0n) is 11.6. The maximum absolute atomic E-state index is 2.34. The van der Waals surface area contributed by atoms with Crippen molar-refractivity contribution < 1.29 is 0 Å². The first-order chi connectivity index (χ1) is 6.92. The van der Waals surface area contributed by atoms with E-state index >= 15 is 0 Å². The van der Waals surface area contributed by atoms with Crippen molar-refractivity contribution in [3.8, 4) is 0 Å². The molecular weight excluding hydrogens is 182 g/mol. The maximum Gasteiger partial charge on any atom is -0.00248 e. The van der Waals surface area contributed by atoms with Gasteiger partial charge in [0.1, 0.15) is 0 Å². The summed E-state index contributed by atoms with van der Waals surface area (Å²) in [5.41, 5.74) is 0.533. The van der Waals surface area contributed by atoms with Gasteiger partial charge in [-0.25, -0.2) is 0 Å². The van der Waals surface area contributed by atoms with Gasteiger partial charge in [0.25, 0.3) is 0 Å². The first-order valence-electron chi connectivity index (χ1n) is 6.56. The first-order valence-corrected chi connectivity index (χ1v) is 6.56. The van der Waals surface area contributed by atoms with Gasteiger partial charge in [0.05, 0.1) is 0 Å². The molecule has 0 spiro atoms. The highest BCUT2D eigenvalue weighted by atomic mass is 15.0. The van der Waals surface area contributed by atoms with Crippen molar-refractivity contribution >= 4 is 0 Å². The van der Waals surface area contributed by atoms with E-state index in [1.165, 1.54) is 51.5 Å². The molecule has 0 aliphatic rings. The van der Waals surface area contributed by atoms with E-state index < -0.39 is 0 Å². The van der Waals surface area contributed by atoms with Gasteiger partial charge in [-0.05, 0) is 38.9 Å². The van der Waals surface area contributed by atoms with E-state index in [0.717, 1.165) is 0 Å². The molecule has 15 heavy (non-hydrogen) atoms. The average Bonchev–Trinajstić information content (AvgIpc) is 2.07. The molecule has 0 aromatic carbocycles. The van der Waals surface area contributed by atoms with Crippen molar-refractivity contribution in [1.29, 1.82) is 0 Å². The largest absolute Gasteiger partial charge is 0.309 e. The molecule has 92 valence electrons. The normalized spacial score (nSPS) is 12.4. The van der Waals surface area contributed by atoms with Gasteiger partial charge in [0, 0.05) is 0 Å². The Morgan fingerprint density at radius 3 is 1.67 bits per heavy atom. The zero-order valence-corrected chi connectivity index (χ0v) is 11.6. The van der Waals surface area contributed by atoms with Crippen LogP contribution >= 0.6 is 0 Å². The fourth-order valence-corrected chi connectivity index (χ4v) is 1.79. The fraction of sp³-hybridized carbons (Fsp3) is 1.00. The number of nitrogens with zero attached hydrogens (tertiary/aromatic N) is 1. The molecule has 0 unspecified atom stereocenters. The predicted molar refractivity (Wildman–Crippen MR) is 70.3 cm³/mol. The van der Waals surface area contributed by atoms with Crippen molar-refractivity contribution in [3.05, 3.63) is 0 Å². The van der Waals surface area contributed by atoms with Crippen LogP contribution in [0.5, 0.6) is 0 Å². The van der Waals surface area contributed by atoms with Crippen LogP contribution < -0.4 is 0 Å². The molecule has 0 aliphatic heterocycles. The summed E-state index contributed by atoms with van der Waals surface area (Å²) in [6.07, 6.45) is 9.86. The Morgan fingerprint density at radius 1 is 0.733 bits per heavy atom. The number of unbranched alkanes of at least 4 members (excludes halogenated alkanes) is 5. The summed E-state index contributed by atoms with van der Waals surface area (Å²) in [4.78, 5) is 2.28. The molecule has 0 bridgehead atoms. The summed E-state index contributed by atoms with van der Waals surface area (Å²) >= 11 is 0. The van der Waals surface area contributed by atoms with Gasteiger partial charge < -0.3 is 4.90 Å². The zero-order chi connectivity index (χ0) is 11.7. The third-order valence-corrected chi connectivity index (χ3v) is 2.78. The second-order valence-corrected chi connectivity index (χ2v) is 6.24. The van der Waals surface area contributed by atoms with Crippen LogP contribution in [0.25, 0.3) is 0 Å². The third kappa shape index (κ3) is 14.0. The molecule has 0 radical (unpaired) electrons. The molecule has 0 aliphatic carbocycles. The lowest BCUT2D eigenvalue weighted by Crippen LogP contribution is -2.12. The molecule has 0 fully saturated rings. The molecule has 0 aromatic rings. The van der Waals surface area contributed by atoms with E-state index in [1.807, 2.05) is 0 Å². The highest BCUT2D eigenvalue weighted by Crippen LogP contribution is 2.22. The minimum Gasteiger partial charge on any atom is -0.309 e. The van der Waals surface area contributed by atoms with Gasteiger partial charge in [0.2, 0.25) is 0 Å². The van der Waals surface area contributed by atoms with Gasteiger partial charge >= 0.3 is 0 Å². The summed E-state index contributed by atoms with van der Waals surface area (Å²) in [5.74, 6) is 0. The van der Waals surface area contributed by atoms with Crippen LogP contribution in [0.1, 0.15) is 65.7 Å².